The van der Waals surface area contributed by atoms with Gasteiger partial charge >= 0.3 is 6.03 Å². The quantitative estimate of drug-likeness (QED) is 0.676. The number of methoxy groups -OCH3 is 1. The summed E-state index contributed by atoms with van der Waals surface area (Å²) in [7, 11) is 1.50. The van der Waals surface area contributed by atoms with Crippen molar-refractivity contribution in [3.05, 3.63) is 23.2 Å². The summed E-state index contributed by atoms with van der Waals surface area (Å²) in [6.07, 6.45) is 1.64. The van der Waals surface area contributed by atoms with Crippen LogP contribution in [0.2, 0.25) is 5.02 Å². The third-order valence-corrected chi connectivity index (χ3v) is 3.46. The van der Waals surface area contributed by atoms with E-state index in [1.165, 1.54) is 7.11 Å². The first-order chi connectivity index (χ1) is 9.89. The Morgan fingerprint density at radius 1 is 1.43 bits per heavy atom. The van der Waals surface area contributed by atoms with Gasteiger partial charge in [-0.1, -0.05) is 31.5 Å². The number of para-hydroxylation sites is 1. The van der Waals surface area contributed by atoms with Gasteiger partial charge in [0.25, 0.3) is 0 Å². The third-order valence-electron chi connectivity index (χ3n) is 3.16. The standard InChI is InChI=1S/C15H23ClN2O3/c1-15(2,10-19)8-5-9-17-14(20)18-12-7-4-6-11(16)13(12)21-3/h4,6-7,19H,5,8-10H2,1-3H3,(H2,17,18,20). The fraction of sp³-hybridized carbons (Fsp3) is 0.533. The molecule has 6 heteroatoms. The molecule has 5 nitrogen and oxygen atoms in total. The average molecular weight is 315 g/mol. The van der Waals surface area contributed by atoms with Gasteiger partial charge < -0.3 is 20.5 Å². The van der Waals surface area contributed by atoms with Crippen LogP contribution < -0.4 is 15.4 Å². The molecule has 3 N–H and O–H groups in total. The zero-order valence-electron chi connectivity index (χ0n) is 12.7. The van der Waals surface area contributed by atoms with Gasteiger partial charge in [0, 0.05) is 13.2 Å². The highest BCUT2D eigenvalue weighted by Crippen LogP contribution is 2.32. The average Bonchev–Trinajstić information content (AvgIpc) is 2.44. The summed E-state index contributed by atoms with van der Waals surface area (Å²) in [4.78, 5) is 11.8. The highest BCUT2D eigenvalue weighted by atomic mass is 35.5. The maximum Gasteiger partial charge on any atom is 0.319 e. The number of amides is 2. The number of nitrogens with one attached hydrogen (secondary N) is 2. The van der Waals surface area contributed by atoms with E-state index in [4.69, 9.17) is 21.4 Å². The van der Waals surface area contributed by atoms with E-state index in [2.05, 4.69) is 10.6 Å². The first-order valence-corrected chi connectivity index (χ1v) is 7.25. The van der Waals surface area contributed by atoms with E-state index in [9.17, 15) is 4.79 Å². The normalized spacial score (nSPS) is 11.1. The summed E-state index contributed by atoms with van der Waals surface area (Å²) in [5.74, 6) is 0.440. The Bertz CT molecular complexity index is 478. The SMILES string of the molecule is COc1c(Cl)cccc1NC(=O)NCCCC(C)(C)CO. The maximum atomic E-state index is 11.8. The molecule has 0 saturated heterocycles. The van der Waals surface area contributed by atoms with Crippen LogP contribution in [0.5, 0.6) is 5.75 Å². The molecule has 1 aromatic rings. The summed E-state index contributed by atoms with van der Waals surface area (Å²) in [6.45, 7) is 4.66. The first-order valence-electron chi connectivity index (χ1n) is 6.88. The highest BCUT2D eigenvalue weighted by molar-refractivity contribution is 6.32. The lowest BCUT2D eigenvalue weighted by Gasteiger charge is -2.21. The van der Waals surface area contributed by atoms with E-state index in [0.29, 0.717) is 23.0 Å². The number of carbonyl (C=O) groups is 1. The van der Waals surface area contributed by atoms with Crippen molar-refractivity contribution in [3.8, 4) is 5.75 Å². The van der Waals surface area contributed by atoms with Crippen molar-refractivity contribution in [2.45, 2.75) is 26.7 Å². The van der Waals surface area contributed by atoms with Gasteiger partial charge in [0.15, 0.2) is 5.75 Å². The molecule has 0 aliphatic heterocycles. The molecule has 1 rings (SSSR count). The molecule has 2 amide bonds. The van der Waals surface area contributed by atoms with Crippen molar-refractivity contribution in [1.82, 2.24) is 5.32 Å². The van der Waals surface area contributed by atoms with Crippen molar-refractivity contribution < 1.29 is 14.6 Å². The molecule has 0 bridgehead atoms. The molecule has 21 heavy (non-hydrogen) atoms. The van der Waals surface area contributed by atoms with Crippen LogP contribution in [0.3, 0.4) is 0 Å². The molecule has 0 radical (unpaired) electrons. The second-order valence-electron chi connectivity index (χ2n) is 5.63. The van der Waals surface area contributed by atoms with E-state index in [1.807, 2.05) is 13.8 Å². The predicted molar refractivity (Wildman–Crippen MR) is 85.1 cm³/mol. The topological polar surface area (TPSA) is 70.6 Å². The van der Waals surface area contributed by atoms with Crippen LogP contribution in [0.1, 0.15) is 26.7 Å². The fourth-order valence-corrected chi connectivity index (χ4v) is 2.08. The second kappa shape index (κ2) is 8.10. The lowest BCUT2D eigenvalue weighted by Crippen LogP contribution is -2.30. The molecule has 0 unspecified atom stereocenters. The zero-order valence-corrected chi connectivity index (χ0v) is 13.5. The Labute approximate surface area is 130 Å². The molecule has 1 aromatic carbocycles. The van der Waals surface area contributed by atoms with Crippen LogP contribution in [0.15, 0.2) is 18.2 Å². The Morgan fingerprint density at radius 3 is 2.76 bits per heavy atom. The second-order valence-corrected chi connectivity index (χ2v) is 6.03. The fourth-order valence-electron chi connectivity index (χ4n) is 1.83. The molecule has 0 saturated carbocycles. The van der Waals surface area contributed by atoms with Gasteiger partial charge in [0.1, 0.15) is 0 Å². The van der Waals surface area contributed by atoms with Gasteiger partial charge in [0.2, 0.25) is 0 Å². The van der Waals surface area contributed by atoms with Crippen molar-refractivity contribution >= 4 is 23.3 Å². The lowest BCUT2D eigenvalue weighted by molar-refractivity contribution is 0.148. The number of rotatable bonds is 7. The first kappa shape index (κ1) is 17.6. The van der Waals surface area contributed by atoms with Crippen molar-refractivity contribution in [2.75, 3.05) is 25.6 Å². The summed E-state index contributed by atoms with van der Waals surface area (Å²) < 4.78 is 5.16. The number of carbonyl (C=O) groups excluding carboxylic acids is 1. The molecular formula is C15H23ClN2O3. The van der Waals surface area contributed by atoms with Gasteiger partial charge in [-0.15, -0.1) is 0 Å². The number of benzene rings is 1. The number of anilines is 1. The van der Waals surface area contributed by atoms with Crippen LogP contribution in [0, 0.1) is 5.41 Å². The minimum absolute atomic E-state index is 0.117. The van der Waals surface area contributed by atoms with Crippen LogP contribution in [-0.4, -0.2) is 31.4 Å². The summed E-state index contributed by atoms with van der Waals surface area (Å²) in [6, 6.07) is 4.85. The van der Waals surface area contributed by atoms with Crippen LogP contribution in [0.4, 0.5) is 10.5 Å². The zero-order chi connectivity index (χ0) is 15.9. The molecule has 0 aromatic heterocycles. The molecule has 0 aliphatic rings. The molecule has 0 atom stereocenters. The van der Waals surface area contributed by atoms with E-state index in [0.717, 1.165) is 12.8 Å². The van der Waals surface area contributed by atoms with Crippen molar-refractivity contribution in [3.63, 3.8) is 0 Å². The van der Waals surface area contributed by atoms with Gasteiger partial charge in [-0.05, 0) is 30.4 Å². The molecular weight excluding hydrogens is 292 g/mol. The van der Waals surface area contributed by atoms with Crippen molar-refractivity contribution in [2.24, 2.45) is 5.41 Å². The van der Waals surface area contributed by atoms with Crippen LogP contribution in [-0.2, 0) is 0 Å². The Balaban J connectivity index is 2.43. The minimum atomic E-state index is -0.308. The number of hydrogen-bond acceptors (Lipinski definition) is 3. The number of halogens is 1. The van der Waals surface area contributed by atoms with E-state index in [1.54, 1.807) is 18.2 Å². The van der Waals surface area contributed by atoms with Gasteiger partial charge in [-0.2, -0.15) is 0 Å². The Hall–Kier alpha value is -1.46. The molecule has 0 heterocycles. The number of aliphatic hydroxyl groups excluding tert-OH is 1. The molecule has 0 aliphatic carbocycles. The lowest BCUT2D eigenvalue weighted by atomic mass is 9.89. The Kier molecular flexibility index (Phi) is 6.78. The van der Waals surface area contributed by atoms with E-state index in [-0.39, 0.29) is 18.1 Å². The number of aliphatic hydroxyl groups is 1. The smallest absolute Gasteiger partial charge is 0.319 e. The minimum Gasteiger partial charge on any atom is -0.493 e. The number of ether oxygens (including phenoxy) is 1. The van der Waals surface area contributed by atoms with Crippen LogP contribution >= 0.6 is 11.6 Å². The number of hydrogen-bond donors (Lipinski definition) is 3. The molecule has 0 spiro atoms. The predicted octanol–water partition coefficient (Wildman–Crippen LogP) is 3.27. The largest absolute Gasteiger partial charge is 0.493 e. The van der Waals surface area contributed by atoms with Crippen molar-refractivity contribution in [1.29, 1.82) is 0 Å². The highest BCUT2D eigenvalue weighted by Gasteiger charge is 2.16. The summed E-state index contributed by atoms with van der Waals surface area (Å²) in [5.41, 5.74) is 0.409. The molecule has 118 valence electrons. The van der Waals surface area contributed by atoms with Crippen LogP contribution in [0.25, 0.3) is 0 Å². The van der Waals surface area contributed by atoms with E-state index >= 15 is 0 Å². The molecule has 0 fully saturated rings. The summed E-state index contributed by atoms with van der Waals surface area (Å²) >= 11 is 5.99. The Morgan fingerprint density at radius 2 is 2.14 bits per heavy atom. The number of urea groups is 1. The van der Waals surface area contributed by atoms with E-state index < -0.39 is 0 Å². The van der Waals surface area contributed by atoms with Gasteiger partial charge in [-0.25, -0.2) is 4.79 Å². The monoisotopic (exact) mass is 314 g/mol. The van der Waals surface area contributed by atoms with Gasteiger partial charge in [0.05, 0.1) is 17.8 Å². The summed E-state index contributed by atoms with van der Waals surface area (Å²) in [5, 5.41) is 15.1. The third kappa shape index (κ3) is 5.81. The van der Waals surface area contributed by atoms with Gasteiger partial charge in [-0.3, -0.25) is 0 Å². The maximum absolute atomic E-state index is 11.8.